The van der Waals surface area contributed by atoms with Crippen molar-refractivity contribution in [3.63, 3.8) is 0 Å². The minimum Gasteiger partial charge on any atom is -0.311 e. The fraction of sp³-hybridized carbons (Fsp3) is 0.444. The van der Waals surface area contributed by atoms with Gasteiger partial charge in [0.2, 0.25) is 0 Å². The van der Waals surface area contributed by atoms with Crippen LogP contribution in [-0.4, -0.2) is 18.2 Å². The Hall–Kier alpha value is -1.10. The van der Waals surface area contributed by atoms with Crippen molar-refractivity contribution >= 4 is 0 Å². The molecule has 0 amide bonds. The van der Waals surface area contributed by atoms with E-state index in [4.69, 9.17) is 0 Å². The van der Waals surface area contributed by atoms with E-state index in [9.17, 15) is 13.2 Å². The summed E-state index contributed by atoms with van der Waals surface area (Å²) in [7, 11) is 1.49. The van der Waals surface area contributed by atoms with E-state index >= 15 is 0 Å². The third-order valence-electron chi connectivity index (χ3n) is 1.83. The van der Waals surface area contributed by atoms with Gasteiger partial charge in [0, 0.05) is 6.20 Å². The number of nitrogens with one attached hydrogen (secondary N) is 1. The SMILES string of the molecule is CNC(CC(F)(F)F)c1ccccn1. The molecule has 14 heavy (non-hydrogen) atoms. The Bertz CT molecular complexity index is 271. The Balaban J connectivity index is 2.73. The Morgan fingerprint density at radius 3 is 2.57 bits per heavy atom. The molecule has 0 aliphatic rings. The number of pyridine rings is 1. The minimum atomic E-state index is -4.18. The quantitative estimate of drug-likeness (QED) is 0.817. The van der Waals surface area contributed by atoms with Gasteiger partial charge in [-0.2, -0.15) is 13.2 Å². The van der Waals surface area contributed by atoms with Crippen LogP contribution in [0, 0.1) is 0 Å². The molecular weight excluding hydrogens is 193 g/mol. The molecule has 0 spiro atoms. The highest BCUT2D eigenvalue weighted by atomic mass is 19.4. The first-order valence-corrected chi connectivity index (χ1v) is 4.18. The average Bonchev–Trinajstić information content (AvgIpc) is 2.14. The lowest BCUT2D eigenvalue weighted by Crippen LogP contribution is -2.24. The fourth-order valence-electron chi connectivity index (χ4n) is 1.17. The van der Waals surface area contributed by atoms with Crippen LogP contribution in [0.2, 0.25) is 0 Å². The lowest BCUT2D eigenvalue weighted by molar-refractivity contribution is -0.140. The summed E-state index contributed by atoms with van der Waals surface area (Å²) >= 11 is 0. The molecule has 1 rings (SSSR count). The van der Waals surface area contributed by atoms with E-state index in [1.165, 1.54) is 13.2 Å². The van der Waals surface area contributed by atoms with E-state index in [1.807, 2.05) is 0 Å². The summed E-state index contributed by atoms with van der Waals surface area (Å²) in [5.41, 5.74) is 0.410. The highest BCUT2D eigenvalue weighted by molar-refractivity contribution is 5.08. The molecule has 5 heteroatoms. The first kappa shape index (κ1) is 11.0. The normalized spacial score (nSPS) is 14.0. The molecule has 1 unspecified atom stereocenters. The van der Waals surface area contributed by atoms with Crippen LogP contribution >= 0.6 is 0 Å². The van der Waals surface area contributed by atoms with Crippen molar-refractivity contribution in [1.29, 1.82) is 0 Å². The van der Waals surface area contributed by atoms with E-state index in [0.717, 1.165) is 0 Å². The summed E-state index contributed by atoms with van der Waals surface area (Å²) in [6, 6.07) is 4.15. The molecule has 0 radical (unpaired) electrons. The Morgan fingerprint density at radius 1 is 1.43 bits per heavy atom. The van der Waals surface area contributed by atoms with Gasteiger partial charge in [-0.1, -0.05) is 6.07 Å². The molecule has 78 valence electrons. The van der Waals surface area contributed by atoms with Crippen LogP contribution in [0.15, 0.2) is 24.4 Å². The van der Waals surface area contributed by atoms with Gasteiger partial charge in [0.25, 0.3) is 0 Å². The molecule has 0 aromatic carbocycles. The average molecular weight is 204 g/mol. The number of nitrogens with zero attached hydrogens (tertiary/aromatic N) is 1. The van der Waals surface area contributed by atoms with Crippen molar-refractivity contribution < 1.29 is 13.2 Å². The van der Waals surface area contributed by atoms with Crippen LogP contribution in [0.3, 0.4) is 0 Å². The van der Waals surface area contributed by atoms with Crippen molar-refractivity contribution in [2.24, 2.45) is 0 Å². The monoisotopic (exact) mass is 204 g/mol. The van der Waals surface area contributed by atoms with E-state index < -0.39 is 18.6 Å². The third kappa shape index (κ3) is 3.33. The number of rotatable bonds is 3. The lowest BCUT2D eigenvalue weighted by Gasteiger charge is -2.17. The van der Waals surface area contributed by atoms with Gasteiger partial charge in [0.1, 0.15) is 0 Å². The maximum absolute atomic E-state index is 12.1. The number of hydrogen-bond donors (Lipinski definition) is 1. The summed E-state index contributed by atoms with van der Waals surface area (Å²) in [5, 5.41) is 2.59. The zero-order chi connectivity index (χ0) is 10.6. The third-order valence-corrected chi connectivity index (χ3v) is 1.83. The van der Waals surface area contributed by atoms with Crippen molar-refractivity contribution in [1.82, 2.24) is 10.3 Å². The van der Waals surface area contributed by atoms with Crippen molar-refractivity contribution in [2.45, 2.75) is 18.6 Å². The van der Waals surface area contributed by atoms with Crippen molar-refractivity contribution in [2.75, 3.05) is 7.05 Å². The molecule has 2 nitrogen and oxygen atoms in total. The van der Waals surface area contributed by atoms with Crippen LogP contribution in [-0.2, 0) is 0 Å². The minimum absolute atomic E-state index is 0.410. The zero-order valence-electron chi connectivity index (χ0n) is 7.67. The summed E-state index contributed by atoms with van der Waals surface area (Å²) < 4.78 is 36.3. The van der Waals surface area contributed by atoms with Crippen molar-refractivity contribution in [3.8, 4) is 0 Å². The topological polar surface area (TPSA) is 24.9 Å². The highest BCUT2D eigenvalue weighted by Crippen LogP contribution is 2.27. The van der Waals surface area contributed by atoms with Gasteiger partial charge >= 0.3 is 6.18 Å². The Kier molecular flexibility index (Phi) is 3.46. The molecule has 0 saturated heterocycles. The number of aromatic nitrogens is 1. The number of hydrogen-bond acceptors (Lipinski definition) is 2. The predicted molar refractivity (Wildman–Crippen MR) is 46.7 cm³/mol. The molecule has 0 saturated carbocycles. The van der Waals surface area contributed by atoms with Crippen molar-refractivity contribution in [3.05, 3.63) is 30.1 Å². The van der Waals surface area contributed by atoms with E-state index in [2.05, 4.69) is 10.3 Å². The second kappa shape index (κ2) is 4.41. The lowest BCUT2D eigenvalue weighted by atomic mass is 10.1. The molecule has 1 atom stereocenters. The number of halogens is 3. The van der Waals surface area contributed by atoms with Crippen LogP contribution in [0.1, 0.15) is 18.2 Å². The summed E-state index contributed by atoms with van der Waals surface area (Å²) in [6.45, 7) is 0. The second-order valence-electron chi connectivity index (χ2n) is 2.92. The van der Waals surface area contributed by atoms with E-state index in [-0.39, 0.29) is 0 Å². The fourth-order valence-corrected chi connectivity index (χ4v) is 1.17. The smallest absolute Gasteiger partial charge is 0.311 e. The van der Waals surface area contributed by atoms with Gasteiger partial charge in [-0.15, -0.1) is 0 Å². The van der Waals surface area contributed by atoms with Gasteiger partial charge in [-0.25, -0.2) is 0 Å². The molecule has 1 heterocycles. The van der Waals surface area contributed by atoms with Crippen LogP contribution in [0.25, 0.3) is 0 Å². The van der Waals surface area contributed by atoms with Crippen LogP contribution < -0.4 is 5.32 Å². The first-order chi connectivity index (χ1) is 6.53. The molecule has 1 aromatic heterocycles. The van der Waals surface area contributed by atoms with E-state index in [0.29, 0.717) is 5.69 Å². The summed E-state index contributed by atoms with van der Waals surface area (Å²) in [6.07, 6.45) is -3.60. The molecule has 0 aliphatic carbocycles. The molecule has 0 bridgehead atoms. The Morgan fingerprint density at radius 2 is 2.14 bits per heavy atom. The van der Waals surface area contributed by atoms with E-state index in [1.54, 1.807) is 18.2 Å². The highest BCUT2D eigenvalue weighted by Gasteiger charge is 2.32. The number of alkyl halides is 3. The predicted octanol–water partition coefficient (Wildman–Crippen LogP) is 2.29. The maximum Gasteiger partial charge on any atom is 0.390 e. The van der Waals surface area contributed by atoms with Crippen LogP contribution in [0.4, 0.5) is 13.2 Å². The standard InChI is InChI=1S/C9H11F3N2/c1-13-8(6-9(10,11)12)7-4-2-3-5-14-7/h2-5,8,13H,6H2,1H3. The molecule has 0 fully saturated rings. The first-order valence-electron chi connectivity index (χ1n) is 4.18. The van der Waals surface area contributed by atoms with Gasteiger partial charge in [-0.3, -0.25) is 4.98 Å². The summed E-state index contributed by atoms with van der Waals surface area (Å²) in [4.78, 5) is 3.87. The van der Waals surface area contributed by atoms with Gasteiger partial charge in [0.05, 0.1) is 18.2 Å². The largest absolute Gasteiger partial charge is 0.390 e. The Labute approximate surface area is 80.2 Å². The molecular formula is C9H11F3N2. The van der Waals surface area contributed by atoms with Gasteiger partial charge in [-0.05, 0) is 19.2 Å². The summed E-state index contributed by atoms with van der Waals surface area (Å²) in [5.74, 6) is 0. The maximum atomic E-state index is 12.1. The second-order valence-corrected chi connectivity index (χ2v) is 2.92. The zero-order valence-corrected chi connectivity index (χ0v) is 7.67. The molecule has 0 aliphatic heterocycles. The molecule has 1 N–H and O–H groups in total. The molecule has 1 aromatic rings. The van der Waals surface area contributed by atoms with Gasteiger partial charge in [0.15, 0.2) is 0 Å². The van der Waals surface area contributed by atoms with Crippen LogP contribution in [0.5, 0.6) is 0 Å². The van der Waals surface area contributed by atoms with Gasteiger partial charge < -0.3 is 5.32 Å².